The average molecular weight is 733 g/mol. The van der Waals surface area contributed by atoms with E-state index in [1.54, 1.807) is 0 Å². The molecule has 11 nitrogen and oxygen atoms in total. The van der Waals surface area contributed by atoms with E-state index in [0.717, 1.165) is 12.3 Å². The van der Waals surface area contributed by atoms with Crippen LogP contribution in [0.15, 0.2) is 42.7 Å². The number of ether oxygens (including phenoxy) is 4. The summed E-state index contributed by atoms with van der Waals surface area (Å²) >= 11 is -0.0551. The maximum Gasteiger partial charge on any atom is 0.433 e. The van der Waals surface area contributed by atoms with E-state index in [9.17, 15) is 60.7 Å². The Morgan fingerprint density at radius 3 is 2.14 bits per heavy atom. The zero-order valence-corrected chi connectivity index (χ0v) is 25.5. The Hall–Kier alpha value is -3.40. The van der Waals surface area contributed by atoms with Gasteiger partial charge in [0.25, 0.3) is 0 Å². The van der Waals surface area contributed by atoms with Crippen LogP contribution < -0.4 is 14.2 Å². The fraction of sp³-hybridized carbons (Fsp3) is 0.517. The average Bonchev–Trinajstić information content (AvgIpc) is 3.71. The van der Waals surface area contributed by atoms with Gasteiger partial charge in [-0.3, -0.25) is 0 Å². The SMILES string of the molecule is OC[C@H]1O[C@@H](Oc2ccc(C[C@@H](c3ccc(OC(F)F)c(OC4CC4)c3)c3cnc(C(O)(C(F)(F)F)C(F)(F)F)s3)cn2)[C@H](O)[C@@H](O)[C@@H]1O. The molecule has 2 fully saturated rings. The quantitative estimate of drug-likeness (QED) is 0.173. The summed E-state index contributed by atoms with van der Waals surface area (Å²) in [4.78, 5) is 7.19. The van der Waals surface area contributed by atoms with Gasteiger partial charge in [-0.15, -0.1) is 11.3 Å². The smallest absolute Gasteiger partial charge is 0.433 e. The summed E-state index contributed by atoms with van der Waals surface area (Å²) in [6.45, 7) is -3.95. The number of aliphatic hydroxyl groups excluding tert-OH is 4. The van der Waals surface area contributed by atoms with E-state index in [1.807, 2.05) is 0 Å². The van der Waals surface area contributed by atoms with E-state index in [2.05, 4.69) is 14.7 Å². The summed E-state index contributed by atoms with van der Waals surface area (Å²) in [5, 5.41) is 47.8. The first-order valence-electron chi connectivity index (χ1n) is 14.4. The summed E-state index contributed by atoms with van der Waals surface area (Å²) in [6.07, 6.45) is -17.7. The molecular weight excluding hydrogens is 704 g/mol. The van der Waals surface area contributed by atoms with Gasteiger partial charge in [0, 0.05) is 29.3 Å². The molecule has 0 unspecified atom stereocenters. The first-order valence-corrected chi connectivity index (χ1v) is 15.2. The molecule has 270 valence electrons. The zero-order chi connectivity index (χ0) is 35.9. The lowest BCUT2D eigenvalue weighted by atomic mass is 9.91. The molecule has 0 bridgehead atoms. The molecule has 2 aromatic heterocycles. The van der Waals surface area contributed by atoms with Crippen LogP contribution in [0, 0.1) is 0 Å². The topological polar surface area (TPSA) is 164 Å². The molecule has 1 aromatic carbocycles. The van der Waals surface area contributed by atoms with Crippen molar-refractivity contribution in [1.29, 1.82) is 0 Å². The summed E-state index contributed by atoms with van der Waals surface area (Å²) in [5.74, 6) is -1.77. The highest BCUT2D eigenvalue weighted by Gasteiger charge is 2.73. The molecule has 0 radical (unpaired) electrons. The van der Waals surface area contributed by atoms with E-state index in [1.165, 1.54) is 30.5 Å². The number of aromatic nitrogens is 2. The molecule has 1 aliphatic heterocycles. The number of pyridine rings is 1. The van der Waals surface area contributed by atoms with Crippen molar-refractivity contribution >= 4 is 11.3 Å². The highest BCUT2D eigenvalue weighted by molar-refractivity contribution is 7.11. The minimum Gasteiger partial charge on any atom is -0.487 e. The molecule has 1 saturated carbocycles. The van der Waals surface area contributed by atoms with Crippen molar-refractivity contribution in [1.82, 2.24) is 9.97 Å². The van der Waals surface area contributed by atoms with E-state index in [0.29, 0.717) is 18.4 Å². The molecule has 5 N–H and O–H groups in total. The number of hydrogen-bond donors (Lipinski definition) is 5. The molecule has 1 aliphatic carbocycles. The lowest BCUT2D eigenvalue weighted by molar-refractivity contribution is -0.376. The summed E-state index contributed by atoms with van der Waals surface area (Å²) < 4.78 is 129. The number of aliphatic hydroxyl groups is 5. The van der Waals surface area contributed by atoms with Crippen LogP contribution in [0.1, 0.15) is 39.8 Å². The van der Waals surface area contributed by atoms with Gasteiger partial charge in [0.05, 0.1) is 12.7 Å². The summed E-state index contributed by atoms with van der Waals surface area (Å²) in [5.41, 5.74) is -4.77. The number of hydrogen-bond acceptors (Lipinski definition) is 12. The molecule has 49 heavy (non-hydrogen) atoms. The molecule has 6 atom stereocenters. The Morgan fingerprint density at radius 2 is 1.57 bits per heavy atom. The standard InChI is InChI=1S/C29H28F8N2O9S/c30-26(31)47-16-5-2-13(8-17(16)45-14-3-4-14)15(19-10-39-25(49-19)27(44,28(32,33)34)29(35,36)37)7-12-1-6-20(38-9-12)48-24-23(43)22(42)21(41)18(11-40)46-24/h1-2,5-6,8-10,14-15,18,21-24,26,40-44H,3-4,7,11H2/t15-,18+,21+,22-,23+,24-/m0/s1. The summed E-state index contributed by atoms with van der Waals surface area (Å²) in [6, 6.07) is 6.32. The Kier molecular flexibility index (Phi) is 10.6. The summed E-state index contributed by atoms with van der Waals surface area (Å²) in [7, 11) is 0. The van der Waals surface area contributed by atoms with E-state index in [4.69, 9.17) is 14.2 Å². The lowest BCUT2D eigenvalue weighted by Gasteiger charge is -2.39. The van der Waals surface area contributed by atoms with E-state index < -0.39 is 72.8 Å². The minimum absolute atomic E-state index is 0.0551. The fourth-order valence-electron chi connectivity index (χ4n) is 4.91. The van der Waals surface area contributed by atoms with Gasteiger partial charge in [0.1, 0.15) is 29.4 Å². The van der Waals surface area contributed by atoms with Crippen LogP contribution in [-0.2, 0) is 16.8 Å². The highest BCUT2D eigenvalue weighted by Crippen LogP contribution is 2.52. The van der Waals surface area contributed by atoms with Crippen LogP contribution in [0.25, 0.3) is 0 Å². The monoisotopic (exact) mass is 732 g/mol. The third-order valence-corrected chi connectivity index (χ3v) is 8.94. The Morgan fingerprint density at radius 1 is 0.878 bits per heavy atom. The zero-order valence-electron chi connectivity index (χ0n) is 24.7. The van der Waals surface area contributed by atoms with Crippen molar-refractivity contribution in [2.75, 3.05) is 6.61 Å². The van der Waals surface area contributed by atoms with Crippen LogP contribution >= 0.6 is 11.3 Å². The van der Waals surface area contributed by atoms with Crippen molar-refractivity contribution in [2.24, 2.45) is 0 Å². The molecule has 20 heteroatoms. The van der Waals surface area contributed by atoms with Crippen molar-refractivity contribution in [2.45, 2.75) is 86.6 Å². The Balaban J connectivity index is 1.48. The second-order valence-electron chi connectivity index (χ2n) is 11.3. The number of halogens is 8. The van der Waals surface area contributed by atoms with E-state index >= 15 is 0 Å². The number of thiazole rings is 1. The predicted octanol–water partition coefficient (Wildman–Crippen LogP) is 3.55. The third kappa shape index (κ3) is 7.84. The van der Waals surface area contributed by atoms with Crippen molar-refractivity contribution < 1.29 is 79.6 Å². The Bertz CT molecular complexity index is 1560. The number of rotatable bonds is 12. The molecule has 1 saturated heterocycles. The third-order valence-electron chi connectivity index (χ3n) is 7.72. The first kappa shape index (κ1) is 36.9. The van der Waals surface area contributed by atoms with Gasteiger partial charge in [0.15, 0.2) is 11.5 Å². The number of benzene rings is 1. The second kappa shape index (κ2) is 14.1. The van der Waals surface area contributed by atoms with Crippen molar-refractivity contribution in [3.8, 4) is 17.4 Å². The molecule has 0 amide bonds. The van der Waals surface area contributed by atoms with Gasteiger partial charge < -0.3 is 44.5 Å². The molecule has 5 rings (SSSR count). The van der Waals surface area contributed by atoms with Crippen LogP contribution in [0.3, 0.4) is 0 Å². The molecule has 3 aromatic rings. The van der Waals surface area contributed by atoms with Crippen LogP contribution in [-0.4, -0.2) is 97.9 Å². The predicted molar refractivity (Wildman–Crippen MR) is 149 cm³/mol. The highest BCUT2D eigenvalue weighted by atomic mass is 32.1. The van der Waals surface area contributed by atoms with Crippen molar-refractivity contribution in [3.63, 3.8) is 0 Å². The number of alkyl halides is 8. The van der Waals surface area contributed by atoms with Gasteiger partial charge in [-0.2, -0.15) is 35.1 Å². The molecule has 0 spiro atoms. The van der Waals surface area contributed by atoms with Crippen molar-refractivity contribution in [3.05, 3.63) is 63.7 Å². The van der Waals surface area contributed by atoms with Gasteiger partial charge in [0.2, 0.25) is 12.2 Å². The van der Waals surface area contributed by atoms with Crippen LogP contribution in [0.5, 0.6) is 17.4 Å². The lowest BCUT2D eigenvalue weighted by Crippen LogP contribution is -2.60. The second-order valence-corrected chi connectivity index (χ2v) is 12.3. The molecule has 2 aliphatic rings. The minimum atomic E-state index is -6.18. The van der Waals surface area contributed by atoms with Gasteiger partial charge in [-0.05, 0) is 42.5 Å². The first-order chi connectivity index (χ1) is 22.9. The number of nitrogens with zero attached hydrogens (tertiary/aromatic N) is 2. The normalized spacial score (nSPS) is 24.2. The maximum atomic E-state index is 13.6. The largest absolute Gasteiger partial charge is 0.487 e. The van der Waals surface area contributed by atoms with Gasteiger partial charge in [-0.1, -0.05) is 12.1 Å². The maximum absolute atomic E-state index is 13.6. The Labute approximate surface area is 275 Å². The molecule has 3 heterocycles. The van der Waals surface area contributed by atoms with Gasteiger partial charge in [-0.25, -0.2) is 9.97 Å². The van der Waals surface area contributed by atoms with Crippen LogP contribution in [0.2, 0.25) is 0 Å². The van der Waals surface area contributed by atoms with Crippen LogP contribution in [0.4, 0.5) is 35.1 Å². The molecular formula is C29H28F8N2O9S. The fourth-order valence-corrected chi connectivity index (χ4v) is 6.09. The van der Waals surface area contributed by atoms with E-state index in [-0.39, 0.29) is 51.7 Å². The van der Waals surface area contributed by atoms with Gasteiger partial charge >= 0.3 is 24.6 Å².